The molecule has 0 amide bonds. The van der Waals surface area contributed by atoms with Gasteiger partial charge in [-0.3, -0.25) is 9.78 Å². The standard InChI is InChI=1S/C13H8N2O/c14-7-10-5-6-15-8-13(10)12-4-2-1-3-11(12)9-16/h1-6,8-9H. The lowest BCUT2D eigenvalue weighted by atomic mass is 9.98. The number of aldehydes is 1. The lowest BCUT2D eigenvalue weighted by Gasteiger charge is -2.05. The van der Waals surface area contributed by atoms with Crippen molar-refractivity contribution in [1.82, 2.24) is 4.98 Å². The summed E-state index contributed by atoms with van der Waals surface area (Å²) in [5, 5.41) is 8.98. The minimum absolute atomic E-state index is 0.518. The van der Waals surface area contributed by atoms with Gasteiger partial charge in [0.15, 0.2) is 6.29 Å². The van der Waals surface area contributed by atoms with Crippen LogP contribution in [0, 0.1) is 11.3 Å². The molecule has 0 bridgehead atoms. The molecule has 0 N–H and O–H groups in total. The molecule has 0 fully saturated rings. The van der Waals surface area contributed by atoms with Gasteiger partial charge in [0.25, 0.3) is 0 Å². The molecule has 2 aromatic rings. The molecule has 3 nitrogen and oxygen atoms in total. The van der Waals surface area contributed by atoms with E-state index < -0.39 is 0 Å². The van der Waals surface area contributed by atoms with E-state index in [0.29, 0.717) is 16.7 Å². The molecule has 3 heteroatoms. The summed E-state index contributed by atoms with van der Waals surface area (Å²) in [7, 11) is 0. The molecule has 0 saturated heterocycles. The van der Waals surface area contributed by atoms with Crippen LogP contribution in [0.1, 0.15) is 15.9 Å². The number of nitriles is 1. The zero-order chi connectivity index (χ0) is 11.4. The highest BCUT2D eigenvalue weighted by Gasteiger charge is 2.08. The maximum absolute atomic E-state index is 10.9. The molecule has 0 aliphatic heterocycles. The van der Waals surface area contributed by atoms with E-state index in [0.717, 1.165) is 11.8 Å². The summed E-state index contributed by atoms with van der Waals surface area (Å²) < 4.78 is 0. The Bertz CT molecular complexity index is 570. The Morgan fingerprint density at radius 2 is 2.00 bits per heavy atom. The minimum Gasteiger partial charge on any atom is -0.298 e. The molecule has 1 aromatic heterocycles. The van der Waals surface area contributed by atoms with Crippen molar-refractivity contribution in [2.75, 3.05) is 0 Å². The number of benzene rings is 1. The fourth-order valence-corrected chi connectivity index (χ4v) is 1.55. The van der Waals surface area contributed by atoms with Crippen LogP contribution in [-0.4, -0.2) is 11.3 Å². The van der Waals surface area contributed by atoms with Gasteiger partial charge in [0, 0.05) is 23.5 Å². The summed E-state index contributed by atoms with van der Waals surface area (Å²) in [5.74, 6) is 0. The van der Waals surface area contributed by atoms with Crippen LogP contribution in [0.5, 0.6) is 0 Å². The largest absolute Gasteiger partial charge is 0.298 e. The van der Waals surface area contributed by atoms with Crippen LogP contribution in [0.4, 0.5) is 0 Å². The molecular weight excluding hydrogens is 200 g/mol. The molecule has 16 heavy (non-hydrogen) atoms. The zero-order valence-corrected chi connectivity index (χ0v) is 8.42. The second-order valence-corrected chi connectivity index (χ2v) is 3.24. The fourth-order valence-electron chi connectivity index (χ4n) is 1.55. The van der Waals surface area contributed by atoms with E-state index in [9.17, 15) is 4.79 Å². The first-order valence-corrected chi connectivity index (χ1v) is 4.75. The monoisotopic (exact) mass is 208 g/mol. The zero-order valence-electron chi connectivity index (χ0n) is 8.42. The Kier molecular flexibility index (Phi) is 2.75. The number of hydrogen-bond donors (Lipinski definition) is 0. The highest BCUT2D eigenvalue weighted by Crippen LogP contribution is 2.24. The molecule has 76 valence electrons. The highest BCUT2D eigenvalue weighted by atomic mass is 16.1. The van der Waals surface area contributed by atoms with Crippen LogP contribution in [0.25, 0.3) is 11.1 Å². The van der Waals surface area contributed by atoms with Gasteiger partial charge in [-0.05, 0) is 11.6 Å². The van der Waals surface area contributed by atoms with Crippen molar-refractivity contribution < 1.29 is 4.79 Å². The van der Waals surface area contributed by atoms with Crippen molar-refractivity contribution >= 4 is 6.29 Å². The summed E-state index contributed by atoms with van der Waals surface area (Å²) in [6, 6.07) is 10.9. The predicted molar refractivity (Wildman–Crippen MR) is 59.8 cm³/mol. The van der Waals surface area contributed by atoms with Crippen molar-refractivity contribution in [2.24, 2.45) is 0 Å². The SMILES string of the molecule is N#Cc1ccncc1-c1ccccc1C=O. The Balaban J connectivity index is 2.68. The van der Waals surface area contributed by atoms with Crippen LogP contribution in [0.3, 0.4) is 0 Å². The van der Waals surface area contributed by atoms with Crippen LogP contribution >= 0.6 is 0 Å². The van der Waals surface area contributed by atoms with Gasteiger partial charge in [-0.1, -0.05) is 24.3 Å². The van der Waals surface area contributed by atoms with E-state index in [1.165, 1.54) is 0 Å². The fraction of sp³-hybridized carbons (Fsp3) is 0. The van der Waals surface area contributed by atoms with E-state index in [4.69, 9.17) is 5.26 Å². The first kappa shape index (κ1) is 10.1. The van der Waals surface area contributed by atoms with Crippen molar-refractivity contribution in [2.45, 2.75) is 0 Å². The third-order valence-electron chi connectivity index (χ3n) is 2.32. The first-order chi connectivity index (χ1) is 7.86. The van der Waals surface area contributed by atoms with Gasteiger partial charge >= 0.3 is 0 Å². The summed E-state index contributed by atoms with van der Waals surface area (Å²) in [6.07, 6.45) is 3.94. The number of nitrogens with zero attached hydrogens (tertiary/aromatic N) is 2. The van der Waals surface area contributed by atoms with Crippen LogP contribution in [-0.2, 0) is 0 Å². The number of aromatic nitrogens is 1. The molecular formula is C13H8N2O. The third kappa shape index (κ3) is 1.69. The smallest absolute Gasteiger partial charge is 0.150 e. The second kappa shape index (κ2) is 4.37. The van der Waals surface area contributed by atoms with Crippen LogP contribution < -0.4 is 0 Å². The van der Waals surface area contributed by atoms with Crippen molar-refractivity contribution in [3.8, 4) is 17.2 Å². The summed E-state index contributed by atoms with van der Waals surface area (Å²) in [4.78, 5) is 14.9. The van der Waals surface area contributed by atoms with Gasteiger partial charge in [0.2, 0.25) is 0 Å². The van der Waals surface area contributed by atoms with Gasteiger partial charge in [0.05, 0.1) is 11.6 Å². The quantitative estimate of drug-likeness (QED) is 0.712. The molecule has 0 spiro atoms. The summed E-state index contributed by atoms with van der Waals surface area (Å²) >= 11 is 0. The Morgan fingerprint density at radius 3 is 2.75 bits per heavy atom. The molecule has 2 rings (SSSR count). The first-order valence-electron chi connectivity index (χ1n) is 4.75. The van der Waals surface area contributed by atoms with Crippen molar-refractivity contribution in [3.05, 3.63) is 53.9 Å². The minimum atomic E-state index is 0.518. The van der Waals surface area contributed by atoms with Gasteiger partial charge in [-0.2, -0.15) is 5.26 Å². The number of carbonyl (C=O) groups excluding carboxylic acids is 1. The Morgan fingerprint density at radius 1 is 1.19 bits per heavy atom. The Labute approximate surface area is 93.0 Å². The molecule has 1 heterocycles. The second-order valence-electron chi connectivity index (χ2n) is 3.24. The van der Waals surface area contributed by atoms with Crippen molar-refractivity contribution in [1.29, 1.82) is 5.26 Å². The van der Waals surface area contributed by atoms with Gasteiger partial charge in [0.1, 0.15) is 0 Å². The van der Waals surface area contributed by atoms with Crippen molar-refractivity contribution in [3.63, 3.8) is 0 Å². The maximum Gasteiger partial charge on any atom is 0.150 e. The maximum atomic E-state index is 10.9. The highest BCUT2D eigenvalue weighted by molar-refractivity contribution is 5.88. The number of carbonyl (C=O) groups is 1. The van der Waals surface area contributed by atoms with E-state index in [1.54, 1.807) is 30.6 Å². The van der Waals surface area contributed by atoms with E-state index in [2.05, 4.69) is 11.1 Å². The average Bonchev–Trinajstić information content (AvgIpc) is 2.38. The Hall–Kier alpha value is -2.47. The summed E-state index contributed by atoms with van der Waals surface area (Å²) in [5.41, 5.74) is 2.51. The molecule has 0 radical (unpaired) electrons. The summed E-state index contributed by atoms with van der Waals surface area (Å²) in [6.45, 7) is 0. The topological polar surface area (TPSA) is 53.8 Å². The number of hydrogen-bond acceptors (Lipinski definition) is 3. The average molecular weight is 208 g/mol. The molecule has 0 unspecified atom stereocenters. The van der Waals surface area contributed by atoms with Gasteiger partial charge in [-0.15, -0.1) is 0 Å². The van der Waals surface area contributed by atoms with Gasteiger partial charge in [-0.25, -0.2) is 0 Å². The van der Waals surface area contributed by atoms with E-state index in [1.807, 2.05) is 12.1 Å². The lowest BCUT2D eigenvalue weighted by molar-refractivity contribution is 0.112. The molecule has 0 saturated carbocycles. The predicted octanol–water partition coefficient (Wildman–Crippen LogP) is 2.43. The number of pyridine rings is 1. The van der Waals surface area contributed by atoms with Gasteiger partial charge < -0.3 is 0 Å². The molecule has 0 aliphatic carbocycles. The van der Waals surface area contributed by atoms with E-state index >= 15 is 0 Å². The number of rotatable bonds is 2. The molecule has 1 aromatic carbocycles. The van der Waals surface area contributed by atoms with Crippen LogP contribution in [0.15, 0.2) is 42.7 Å². The van der Waals surface area contributed by atoms with Crippen LogP contribution in [0.2, 0.25) is 0 Å². The molecule has 0 atom stereocenters. The normalized spacial score (nSPS) is 9.44. The molecule has 0 aliphatic rings. The van der Waals surface area contributed by atoms with E-state index in [-0.39, 0.29) is 0 Å². The third-order valence-corrected chi connectivity index (χ3v) is 2.32. The lowest BCUT2D eigenvalue weighted by Crippen LogP contribution is -1.90.